The van der Waals surface area contributed by atoms with Crippen LogP contribution in [-0.4, -0.2) is 34.3 Å². The molecule has 0 saturated heterocycles. The predicted molar refractivity (Wildman–Crippen MR) is 77.5 cm³/mol. The predicted octanol–water partition coefficient (Wildman–Crippen LogP) is 2.65. The molecule has 4 heteroatoms. The molecule has 4 nitrogen and oxygen atoms in total. The first kappa shape index (κ1) is 14.3. The Morgan fingerprint density at radius 3 is 2.58 bits per heavy atom. The highest BCUT2D eigenvalue weighted by Gasteiger charge is 2.24. The summed E-state index contributed by atoms with van der Waals surface area (Å²) in [6.07, 6.45) is 4.99. The highest BCUT2D eigenvalue weighted by atomic mass is 16.3. The van der Waals surface area contributed by atoms with E-state index in [2.05, 4.69) is 23.7 Å². The van der Waals surface area contributed by atoms with Gasteiger partial charge in [-0.05, 0) is 19.8 Å². The smallest absolute Gasteiger partial charge is 0.133 e. The summed E-state index contributed by atoms with van der Waals surface area (Å²) in [5, 5.41) is 9.32. The molecule has 1 heterocycles. The summed E-state index contributed by atoms with van der Waals surface area (Å²) >= 11 is 0. The van der Waals surface area contributed by atoms with E-state index in [1.54, 1.807) is 0 Å². The van der Waals surface area contributed by atoms with Gasteiger partial charge in [0.05, 0.1) is 6.61 Å². The van der Waals surface area contributed by atoms with Crippen LogP contribution >= 0.6 is 0 Å². The molecule has 0 amide bonds. The van der Waals surface area contributed by atoms with Crippen LogP contribution in [0.3, 0.4) is 0 Å². The molecule has 1 saturated carbocycles. The number of aryl methyl sites for hydroxylation is 1. The Morgan fingerprint density at radius 2 is 2.00 bits per heavy atom. The maximum atomic E-state index is 9.32. The molecular weight excluding hydrogens is 238 g/mol. The van der Waals surface area contributed by atoms with Gasteiger partial charge in [-0.2, -0.15) is 0 Å². The molecule has 0 aromatic carbocycles. The van der Waals surface area contributed by atoms with E-state index in [-0.39, 0.29) is 6.61 Å². The lowest BCUT2D eigenvalue weighted by Crippen LogP contribution is -2.36. The molecule has 0 radical (unpaired) electrons. The van der Waals surface area contributed by atoms with Crippen molar-refractivity contribution in [2.24, 2.45) is 0 Å². The van der Waals surface area contributed by atoms with E-state index in [0.29, 0.717) is 18.5 Å². The van der Waals surface area contributed by atoms with Gasteiger partial charge < -0.3 is 10.0 Å². The summed E-state index contributed by atoms with van der Waals surface area (Å²) in [5.41, 5.74) is 1.01. The summed E-state index contributed by atoms with van der Waals surface area (Å²) in [7, 11) is 0. The van der Waals surface area contributed by atoms with Gasteiger partial charge in [-0.15, -0.1) is 0 Å². The molecule has 1 aliphatic rings. The highest BCUT2D eigenvalue weighted by molar-refractivity contribution is 5.41. The number of aromatic nitrogens is 2. The van der Waals surface area contributed by atoms with E-state index >= 15 is 0 Å². The molecular formula is C15H25N3O. The monoisotopic (exact) mass is 263 g/mol. The van der Waals surface area contributed by atoms with Gasteiger partial charge in [0.25, 0.3) is 0 Å². The van der Waals surface area contributed by atoms with Crippen LogP contribution in [0.15, 0.2) is 6.07 Å². The van der Waals surface area contributed by atoms with Crippen molar-refractivity contribution in [1.82, 2.24) is 9.97 Å². The SMILES string of the molecule is Cc1cc(N(CCO)C2CCCC2)nc(C(C)C)n1. The van der Waals surface area contributed by atoms with Gasteiger partial charge in [-0.1, -0.05) is 26.7 Å². The average Bonchev–Trinajstić information content (AvgIpc) is 2.88. The second-order valence-corrected chi connectivity index (χ2v) is 5.74. The third-order valence-electron chi connectivity index (χ3n) is 3.78. The Labute approximate surface area is 115 Å². The van der Waals surface area contributed by atoms with E-state index in [1.165, 1.54) is 25.7 Å². The third-order valence-corrected chi connectivity index (χ3v) is 3.78. The minimum atomic E-state index is 0.177. The lowest BCUT2D eigenvalue weighted by Gasteiger charge is -2.30. The first-order valence-electron chi connectivity index (χ1n) is 7.35. The van der Waals surface area contributed by atoms with Crippen molar-refractivity contribution in [3.05, 3.63) is 17.6 Å². The lowest BCUT2D eigenvalue weighted by atomic mass is 10.2. The van der Waals surface area contributed by atoms with Crippen LogP contribution in [0.2, 0.25) is 0 Å². The van der Waals surface area contributed by atoms with Crippen molar-refractivity contribution in [2.45, 2.75) is 58.4 Å². The molecule has 1 aromatic rings. The molecule has 19 heavy (non-hydrogen) atoms. The van der Waals surface area contributed by atoms with Gasteiger partial charge >= 0.3 is 0 Å². The zero-order valence-electron chi connectivity index (χ0n) is 12.3. The molecule has 1 aromatic heterocycles. The first-order valence-corrected chi connectivity index (χ1v) is 7.35. The van der Waals surface area contributed by atoms with E-state index in [1.807, 2.05) is 13.0 Å². The summed E-state index contributed by atoms with van der Waals surface area (Å²) in [4.78, 5) is 11.5. The molecule has 0 atom stereocenters. The Kier molecular flexibility index (Phi) is 4.75. The Balaban J connectivity index is 2.29. The minimum Gasteiger partial charge on any atom is -0.395 e. The van der Waals surface area contributed by atoms with Crippen molar-refractivity contribution in [1.29, 1.82) is 0 Å². The third kappa shape index (κ3) is 3.44. The standard InChI is InChI=1S/C15H25N3O/c1-11(2)15-16-12(3)10-14(17-15)18(8-9-19)13-6-4-5-7-13/h10-11,13,19H,4-9H2,1-3H3. The van der Waals surface area contributed by atoms with E-state index in [9.17, 15) is 5.11 Å². The minimum absolute atomic E-state index is 0.177. The van der Waals surface area contributed by atoms with Gasteiger partial charge in [0.15, 0.2) is 0 Å². The zero-order valence-corrected chi connectivity index (χ0v) is 12.3. The van der Waals surface area contributed by atoms with Crippen molar-refractivity contribution < 1.29 is 5.11 Å². The normalized spacial score (nSPS) is 16.3. The summed E-state index contributed by atoms with van der Waals surface area (Å²) in [5.74, 6) is 2.21. The topological polar surface area (TPSA) is 49.2 Å². The van der Waals surface area contributed by atoms with Gasteiger partial charge in [0, 0.05) is 30.3 Å². The number of aliphatic hydroxyl groups excluding tert-OH is 1. The average molecular weight is 263 g/mol. The zero-order chi connectivity index (χ0) is 13.8. The van der Waals surface area contributed by atoms with Crippen LogP contribution in [0.1, 0.15) is 57.0 Å². The number of nitrogens with zero attached hydrogens (tertiary/aromatic N) is 3. The molecule has 1 aliphatic carbocycles. The van der Waals surface area contributed by atoms with Gasteiger partial charge in [-0.3, -0.25) is 0 Å². The van der Waals surface area contributed by atoms with Crippen molar-refractivity contribution >= 4 is 5.82 Å². The molecule has 0 unspecified atom stereocenters. The van der Waals surface area contributed by atoms with E-state index < -0.39 is 0 Å². The van der Waals surface area contributed by atoms with Gasteiger partial charge in [0.1, 0.15) is 11.6 Å². The number of hydrogen-bond acceptors (Lipinski definition) is 4. The van der Waals surface area contributed by atoms with Crippen LogP contribution in [0.5, 0.6) is 0 Å². The van der Waals surface area contributed by atoms with Crippen molar-refractivity contribution in [3.8, 4) is 0 Å². The number of rotatable bonds is 5. The number of aliphatic hydroxyl groups is 1. The quantitative estimate of drug-likeness (QED) is 0.887. The molecule has 0 bridgehead atoms. The van der Waals surface area contributed by atoms with Crippen molar-refractivity contribution in [3.63, 3.8) is 0 Å². The van der Waals surface area contributed by atoms with E-state index in [0.717, 1.165) is 17.3 Å². The maximum absolute atomic E-state index is 9.32. The molecule has 0 spiro atoms. The molecule has 2 rings (SSSR count). The number of hydrogen-bond donors (Lipinski definition) is 1. The van der Waals surface area contributed by atoms with Crippen LogP contribution in [-0.2, 0) is 0 Å². The summed E-state index contributed by atoms with van der Waals surface area (Å²) in [6, 6.07) is 2.57. The summed E-state index contributed by atoms with van der Waals surface area (Å²) < 4.78 is 0. The molecule has 0 aliphatic heterocycles. The fourth-order valence-corrected chi connectivity index (χ4v) is 2.79. The Hall–Kier alpha value is -1.16. The van der Waals surface area contributed by atoms with Crippen LogP contribution in [0, 0.1) is 6.92 Å². The molecule has 1 N–H and O–H groups in total. The Morgan fingerprint density at radius 1 is 1.32 bits per heavy atom. The van der Waals surface area contributed by atoms with Crippen molar-refractivity contribution in [2.75, 3.05) is 18.1 Å². The highest BCUT2D eigenvalue weighted by Crippen LogP contribution is 2.28. The summed E-state index contributed by atoms with van der Waals surface area (Å²) in [6.45, 7) is 7.09. The Bertz CT molecular complexity index is 414. The van der Waals surface area contributed by atoms with Crippen LogP contribution < -0.4 is 4.90 Å². The first-order chi connectivity index (χ1) is 9.11. The fraction of sp³-hybridized carbons (Fsp3) is 0.733. The van der Waals surface area contributed by atoms with Crippen LogP contribution in [0.4, 0.5) is 5.82 Å². The van der Waals surface area contributed by atoms with Crippen LogP contribution in [0.25, 0.3) is 0 Å². The fourth-order valence-electron chi connectivity index (χ4n) is 2.79. The maximum Gasteiger partial charge on any atom is 0.133 e. The molecule has 1 fully saturated rings. The van der Waals surface area contributed by atoms with E-state index in [4.69, 9.17) is 4.98 Å². The molecule has 106 valence electrons. The van der Waals surface area contributed by atoms with Gasteiger partial charge in [0.2, 0.25) is 0 Å². The lowest BCUT2D eigenvalue weighted by molar-refractivity contribution is 0.296. The number of anilines is 1. The second-order valence-electron chi connectivity index (χ2n) is 5.74. The largest absolute Gasteiger partial charge is 0.395 e. The van der Waals surface area contributed by atoms with Gasteiger partial charge in [-0.25, -0.2) is 9.97 Å². The second kappa shape index (κ2) is 6.33.